The van der Waals surface area contributed by atoms with Gasteiger partial charge in [-0.3, -0.25) is 0 Å². The van der Waals surface area contributed by atoms with Gasteiger partial charge in [-0.15, -0.1) is 23.7 Å². The van der Waals surface area contributed by atoms with Crippen molar-refractivity contribution in [2.24, 2.45) is 0 Å². The highest BCUT2D eigenvalue weighted by Crippen LogP contribution is 2.19. The Hall–Kier alpha value is -0.720. The highest BCUT2D eigenvalue weighted by atomic mass is 35.5. The molecule has 1 unspecified atom stereocenters. The highest BCUT2D eigenvalue weighted by molar-refractivity contribution is 7.14. The van der Waals surface area contributed by atoms with E-state index in [-0.39, 0.29) is 6.04 Å². The largest absolute Gasteiger partial charge is 0.358 e. The number of hydrogen-bond donors (Lipinski definition) is 1. The molecular weight excluding hydrogens is 192 g/mol. The van der Waals surface area contributed by atoms with Crippen molar-refractivity contribution in [1.29, 1.82) is 0 Å². The van der Waals surface area contributed by atoms with Crippen LogP contribution in [0.1, 0.15) is 13.3 Å². The van der Waals surface area contributed by atoms with Crippen LogP contribution in [0.5, 0.6) is 0 Å². The van der Waals surface area contributed by atoms with Gasteiger partial charge in [-0.2, -0.15) is 0 Å². The lowest BCUT2D eigenvalue weighted by Gasteiger charge is -2.07. The average Bonchev–Trinajstić information content (AvgIpc) is 2.36. The van der Waals surface area contributed by atoms with Crippen LogP contribution >= 0.6 is 22.9 Å². The van der Waals surface area contributed by atoms with Gasteiger partial charge >= 0.3 is 0 Å². The van der Waals surface area contributed by atoms with E-state index in [4.69, 9.17) is 18.0 Å². The van der Waals surface area contributed by atoms with Crippen molar-refractivity contribution in [2.75, 3.05) is 5.32 Å². The Kier molecular flexibility index (Phi) is 3.39. The first-order valence-electron chi connectivity index (χ1n) is 3.53. The summed E-state index contributed by atoms with van der Waals surface area (Å²) in [6.07, 6.45) is 5.85. The molecule has 0 aliphatic heterocycles. The fourth-order valence-corrected chi connectivity index (χ4v) is 1.71. The van der Waals surface area contributed by atoms with Gasteiger partial charge in [0.15, 0.2) is 5.13 Å². The monoisotopic (exact) mass is 200 g/mol. The zero-order chi connectivity index (χ0) is 8.97. The quantitative estimate of drug-likeness (QED) is 0.759. The number of anilines is 1. The van der Waals surface area contributed by atoms with E-state index in [0.29, 0.717) is 11.6 Å². The van der Waals surface area contributed by atoms with Gasteiger partial charge in [0, 0.05) is 17.8 Å². The Balaban J connectivity index is 2.47. The van der Waals surface area contributed by atoms with E-state index < -0.39 is 0 Å². The fraction of sp³-hybridized carbons (Fsp3) is 0.375. The molecule has 2 nitrogen and oxygen atoms in total. The topological polar surface area (TPSA) is 24.9 Å². The number of nitrogens with one attached hydrogen (secondary N) is 1. The van der Waals surface area contributed by atoms with Crippen LogP contribution in [0.3, 0.4) is 0 Å². The molecule has 0 spiro atoms. The van der Waals surface area contributed by atoms with E-state index in [0.717, 1.165) is 5.13 Å². The van der Waals surface area contributed by atoms with Crippen LogP contribution in [-0.2, 0) is 0 Å². The molecule has 0 radical (unpaired) electrons. The molecule has 4 heteroatoms. The third-order valence-electron chi connectivity index (χ3n) is 1.27. The average molecular weight is 201 g/mol. The predicted molar refractivity (Wildman–Crippen MR) is 53.7 cm³/mol. The van der Waals surface area contributed by atoms with Gasteiger partial charge in [-0.25, -0.2) is 4.98 Å². The molecule has 0 saturated heterocycles. The molecule has 1 atom stereocenters. The van der Waals surface area contributed by atoms with Crippen molar-refractivity contribution < 1.29 is 0 Å². The molecule has 0 saturated carbocycles. The van der Waals surface area contributed by atoms with Gasteiger partial charge in [0.05, 0.1) is 0 Å². The molecular formula is C8H9ClN2S. The van der Waals surface area contributed by atoms with Gasteiger partial charge in [0.25, 0.3) is 0 Å². The lowest BCUT2D eigenvalue weighted by Crippen LogP contribution is -2.13. The fourth-order valence-electron chi connectivity index (χ4n) is 0.759. The van der Waals surface area contributed by atoms with E-state index >= 15 is 0 Å². The van der Waals surface area contributed by atoms with Crippen molar-refractivity contribution in [1.82, 2.24) is 4.98 Å². The smallest absolute Gasteiger partial charge is 0.184 e. The van der Waals surface area contributed by atoms with E-state index in [9.17, 15) is 0 Å². The first-order valence-corrected chi connectivity index (χ1v) is 4.79. The maximum Gasteiger partial charge on any atom is 0.184 e. The Morgan fingerprint density at radius 2 is 2.67 bits per heavy atom. The second-order valence-corrected chi connectivity index (χ2v) is 3.67. The molecule has 12 heavy (non-hydrogen) atoms. The first-order chi connectivity index (χ1) is 5.72. The summed E-state index contributed by atoms with van der Waals surface area (Å²) >= 11 is 7.12. The van der Waals surface area contributed by atoms with E-state index in [2.05, 4.69) is 16.2 Å². The van der Waals surface area contributed by atoms with Gasteiger partial charge in [-0.1, -0.05) is 11.6 Å². The Labute approximate surface area is 81.0 Å². The first kappa shape index (κ1) is 9.37. The molecule has 1 N–H and O–H groups in total. The van der Waals surface area contributed by atoms with E-state index in [1.807, 2.05) is 6.92 Å². The zero-order valence-electron chi connectivity index (χ0n) is 6.67. The Morgan fingerprint density at radius 3 is 3.17 bits per heavy atom. The van der Waals surface area contributed by atoms with Gasteiger partial charge in [-0.05, 0) is 6.92 Å². The third kappa shape index (κ3) is 2.72. The van der Waals surface area contributed by atoms with Crippen molar-refractivity contribution in [3.63, 3.8) is 0 Å². The predicted octanol–water partition coefficient (Wildman–Crippen LogP) is 2.62. The molecule has 0 aromatic carbocycles. The van der Waals surface area contributed by atoms with Gasteiger partial charge in [0.1, 0.15) is 5.15 Å². The zero-order valence-corrected chi connectivity index (χ0v) is 8.25. The van der Waals surface area contributed by atoms with Crippen LogP contribution in [-0.4, -0.2) is 11.0 Å². The molecule has 0 bridgehead atoms. The molecule has 0 amide bonds. The standard InChI is InChI=1S/C8H9ClN2S/c1-3-4-6(2)10-8-11-7(9)5-12-8/h1,5-6H,4H2,2H3,(H,10,11). The van der Waals surface area contributed by atoms with Crippen molar-refractivity contribution in [3.8, 4) is 12.3 Å². The van der Waals surface area contributed by atoms with Gasteiger partial charge in [0.2, 0.25) is 0 Å². The van der Waals surface area contributed by atoms with Crippen molar-refractivity contribution in [3.05, 3.63) is 10.5 Å². The number of rotatable bonds is 3. The molecule has 1 aromatic heterocycles. The summed E-state index contributed by atoms with van der Waals surface area (Å²) in [5.41, 5.74) is 0. The number of hydrogen-bond acceptors (Lipinski definition) is 3. The van der Waals surface area contributed by atoms with Crippen LogP contribution in [0.25, 0.3) is 0 Å². The highest BCUT2D eigenvalue weighted by Gasteiger charge is 2.02. The number of nitrogens with zero attached hydrogens (tertiary/aromatic N) is 1. The summed E-state index contributed by atoms with van der Waals surface area (Å²) in [6, 6.07) is 0.247. The van der Waals surface area contributed by atoms with Crippen molar-refractivity contribution in [2.45, 2.75) is 19.4 Å². The summed E-state index contributed by atoms with van der Waals surface area (Å²) < 4.78 is 0. The maximum absolute atomic E-state index is 5.64. The minimum atomic E-state index is 0.247. The van der Waals surface area contributed by atoms with Crippen LogP contribution in [0.2, 0.25) is 5.15 Å². The minimum Gasteiger partial charge on any atom is -0.358 e. The molecule has 0 fully saturated rings. The molecule has 1 rings (SSSR count). The van der Waals surface area contributed by atoms with Crippen LogP contribution in [0.4, 0.5) is 5.13 Å². The summed E-state index contributed by atoms with van der Waals surface area (Å²) in [6.45, 7) is 2.01. The normalized spacial score (nSPS) is 12.1. The lowest BCUT2D eigenvalue weighted by molar-refractivity contribution is 0.827. The number of thiazole rings is 1. The molecule has 0 aliphatic carbocycles. The summed E-state index contributed by atoms with van der Waals surface area (Å²) in [4.78, 5) is 4.04. The number of terminal acetylenes is 1. The number of halogens is 1. The lowest BCUT2D eigenvalue weighted by atomic mass is 10.2. The summed E-state index contributed by atoms with van der Waals surface area (Å²) in [5, 5.41) is 6.27. The van der Waals surface area contributed by atoms with E-state index in [1.165, 1.54) is 11.3 Å². The SMILES string of the molecule is C#CCC(C)Nc1nc(Cl)cs1. The third-order valence-corrected chi connectivity index (χ3v) is 2.37. The summed E-state index contributed by atoms with van der Waals surface area (Å²) in [7, 11) is 0. The number of aromatic nitrogens is 1. The van der Waals surface area contributed by atoms with Crippen LogP contribution in [0, 0.1) is 12.3 Å². The summed E-state index contributed by atoms with van der Waals surface area (Å²) in [5.74, 6) is 2.58. The Morgan fingerprint density at radius 1 is 1.92 bits per heavy atom. The minimum absolute atomic E-state index is 0.247. The second-order valence-electron chi connectivity index (χ2n) is 2.43. The van der Waals surface area contributed by atoms with Gasteiger partial charge < -0.3 is 5.32 Å². The maximum atomic E-state index is 5.64. The van der Waals surface area contributed by atoms with Crippen LogP contribution in [0.15, 0.2) is 5.38 Å². The van der Waals surface area contributed by atoms with Crippen molar-refractivity contribution >= 4 is 28.1 Å². The molecule has 1 aromatic rings. The van der Waals surface area contributed by atoms with Crippen LogP contribution < -0.4 is 5.32 Å². The second kappa shape index (κ2) is 4.34. The van der Waals surface area contributed by atoms with E-state index in [1.54, 1.807) is 5.38 Å². The Bertz CT molecular complexity index is 289. The molecule has 0 aliphatic rings. The molecule has 64 valence electrons. The molecule has 1 heterocycles.